The smallest absolute Gasteiger partial charge is 0.408 e. The number of halogens is 1. The number of methoxy groups -OCH3 is 2. The van der Waals surface area contributed by atoms with Gasteiger partial charge >= 0.3 is 6.09 Å². The molecule has 2 N–H and O–H groups in total. The van der Waals surface area contributed by atoms with Crippen molar-refractivity contribution in [2.75, 3.05) is 26.1 Å². The van der Waals surface area contributed by atoms with Crippen molar-refractivity contribution < 1.29 is 33.0 Å². The fraction of sp³-hybridized carbons (Fsp3) is 0.222. The summed E-state index contributed by atoms with van der Waals surface area (Å²) in [6.07, 6.45) is -0.196. The maximum absolute atomic E-state index is 14.0. The van der Waals surface area contributed by atoms with Gasteiger partial charge in [0.2, 0.25) is 11.8 Å². The number of hydrogen-bond donors (Lipinski definition) is 2. The average molecular weight is 671 g/mol. The number of aliphatic imine (C=N–C) groups is 1. The van der Waals surface area contributed by atoms with E-state index < -0.39 is 29.1 Å². The van der Waals surface area contributed by atoms with Gasteiger partial charge in [0.1, 0.15) is 23.7 Å². The number of amides is 3. The summed E-state index contributed by atoms with van der Waals surface area (Å²) in [6, 6.07) is 26.7. The first-order valence-corrected chi connectivity index (χ1v) is 16.0. The SMILES string of the molecule is COc1ccc(CCN2C(=O)C(c3ccc(NC(=O)[C@@H](C)NC(=O)OCc4ccccc4)cc3)SC2=Nc2cccc(F)c2)cc1OC. The van der Waals surface area contributed by atoms with Crippen LogP contribution in [0, 0.1) is 5.82 Å². The Labute approximate surface area is 282 Å². The molecule has 2 atom stereocenters. The van der Waals surface area contributed by atoms with Gasteiger partial charge in [0.25, 0.3) is 0 Å². The fourth-order valence-corrected chi connectivity index (χ4v) is 6.09. The monoisotopic (exact) mass is 670 g/mol. The van der Waals surface area contributed by atoms with E-state index >= 15 is 0 Å². The summed E-state index contributed by atoms with van der Waals surface area (Å²) in [4.78, 5) is 45.0. The van der Waals surface area contributed by atoms with Crippen molar-refractivity contribution in [3.05, 3.63) is 120 Å². The number of anilines is 1. The van der Waals surface area contributed by atoms with E-state index in [4.69, 9.17) is 14.2 Å². The van der Waals surface area contributed by atoms with Gasteiger partial charge < -0.3 is 24.8 Å². The Hall–Kier alpha value is -5.36. The molecular formula is C36H35FN4O6S. The van der Waals surface area contributed by atoms with Gasteiger partial charge in [-0.2, -0.15) is 0 Å². The van der Waals surface area contributed by atoms with Crippen LogP contribution in [-0.4, -0.2) is 54.8 Å². The van der Waals surface area contributed by atoms with Crippen LogP contribution in [-0.2, 0) is 27.4 Å². The Morgan fingerprint density at radius 2 is 1.67 bits per heavy atom. The van der Waals surface area contributed by atoms with Gasteiger partial charge in [-0.05, 0) is 72.5 Å². The number of thioether (sulfide) groups is 1. The number of amidine groups is 1. The van der Waals surface area contributed by atoms with Gasteiger partial charge in [-0.3, -0.25) is 14.5 Å². The highest BCUT2D eigenvalue weighted by atomic mass is 32.2. The van der Waals surface area contributed by atoms with E-state index in [0.717, 1.165) is 11.1 Å². The number of rotatable bonds is 12. The lowest BCUT2D eigenvalue weighted by Crippen LogP contribution is -2.41. The van der Waals surface area contributed by atoms with Crippen LogP contribution in [0.1, 0.15) is 28.9 Å². The molecule has 1 unspecified atom stereocenters. The minimum Gasteiger partial charge on any atom is -0.493 e. The van der Waals surface area contributed by atoms with Gasteiger partial charge in [-0.15, -0.1) is 0 Å². The van der Waals surface area contributed by atoms with E-state index in [2.05, 4.69) is 15.6 Å². The second-order valence-corrected chi connectivity index (χ2v) is 11.9. The van der Waals surface area contributed by atoms with Crippen LogP contribution in [0.3, 0.4) is 0 Å². The molecule has 1 aliphatic rings. The molecule has 248 valence electrons. The van der Waals surface area contributed by atoms with Gasteiger partial charge in [0, 0.05) is 12.2 Å². The normalized spacial score (nSPS) is 15.6. The van der Waals surface area contributed by atoms with Crippen molar-refractivity contribution in [2.24, 2.45) is 4.99 Å². The summed E-state index contributed by atoms with van der Waals surface area (Å²) >= 11 is 1.27. The molecule has 4 aromatic carbocycles. The number of nitrogens with zero attached hydrogens (tertiary/aromatic N) is 2. The van der Waals surface area contributed by atoms with Crippen LogP contribution in [0.5, 0.6) is 11.5 Å². The molecule has 3 amide bonds. The quantitative estimate of drug-likeness (QED) is 0.173. The van der Waals surface area contributed by atoms with E-state index in [-0.39, 0.29) is 12.5 Å². The molecular weight excluding hydrogens is 635 g/mol. The third-order valence-corrected chi connectivity index (χ3v) is 8.70. The Morgan fingerprint density at radius 3 is 2.38 bits per heavy atom. The third kappa shape index (κ3) is 8.71. The summed E-state index contributed by atoms with van der Waals surface area (Å²) in [6.45, 7) is 1.97. The van der Waals surface area contributed by atoms with Crippen molar-refractivity contribution in [2.45, 2.75) is 31.2 Å². The first-order valence-electron chi connectivity index (χ1n) is 15.1. The molecule has 0 spiro atoms. The van der Waals surface area contributed by atoms with E-state index in [1.165, 1.54) is 23.9 Å². The molecule has 1 heterocycles. The number of benzene rings is 4. The average Bonchev–Trinajstić information content (AvgIpc) is 3.40. The third-order valence-electron chi connectivity index (χ3n) is 7.47. The van der Waals surface area contributed by atoms with Crippen molar-refractivity contribution in [1.82, 2.24) is 10.2 Å². The molecule has 1 saturated heterocycles. The fourth-order valence-electron chi connectivity index (χ4n) is 4.89. The maximum Gasteiger partial charge on any atom is 0.408 e. The second kappa shape index (κ2) is 16.0. The second-order valence-electron chi connectivity index (χ2n) is 10.8. The maximum atomic E-state index is 14.0. The zero-order valence-corrected chi connectivity index (χ0v) is 27.5. The van der Waals surface area contributed by atoms with Crippen LogP contribution in [0.2, 0.25) is 0 Å². The van der Waals surface area contributed by atoms with Gasteiger partial charge in [0.05, 0.1) is 19.9 Å². The lowest BCUT2D eigenvalue weighted by Gasteiger charge is -2.17. The molecule has 5 rings (SSSR count). The number of carbonyl (C=O) groups is 3. The van der Waals surface area contributed by atoms with Gasteiger partial charge in [0.15, 0.2) is 16.7 Å². The molecule has 10 nitrogen and oxygen atoms in total. The Bertz CT molecular complexity index is 1790. The predicted octanol–water partition coefficient (Wildman–Crippen LogP) is 6.64. The standard InChI is InChI=1S/C36H35FN4O6S/c1-23(38-36(44)47-22-25-8-5-4-6-9-25)33(42)39-28-15-13-26(14-16-28)32-34(43)41(35(48-32)40-29-11-7-10-27(37)21-29)19-18-24-12-17-30(45-2)31(20-24)46-3/h4-17,20-21,23,32H,18-19,22H2,1-3H3,(H,38,44)(H,39,42)/t23-,32?/m1/s1. The van der Waals surface area contributed by atoms with Crippen LogP contribution < -0.4 is 20.1 Å². The topological polar surface area (TPSA) is 119 Å². The van der Waals surface area contributed by atoms with Crippen LogP contribution >= 0.6 is 11.8 Å². The molecule has 1 aliphatic heterocycles. The molecule has 48 heavy (non-hydrogen) atoms. The molecule has 0 aliphatic carbocycles. The summed E-state index contributed by atoms with van der Waals surface area (Å²) in [5.41, 5.74) is 3.36. The zero-order chi connectivity index (χ0) is 34.0. The first kappa shape index (κ1) is 34.0. The Kier molecular flexibility index (Phi) is 11.3. The number of alkyl carbamates (subject to hydrolysis) is 1. The van der Waals surface area contributed by atoms with E-state index in [1.54, 1.807) is 62.4 Å². The van der Waals surface area contributed by atoms with Gasteiger partial charge in [-0.1, -0.05) is 66.4 Å². The first-order chi connectivity index (χ1) is 23.2. The number of ether oxygens (including phenoxy) is 3. The molecule has 0 aromatic heterocycles. The predicted molar refractivity (Wildman–Crippen MR) is 183 cm³/mol. The number of carbonyl (C=O) groups excluding carboxylic acids is 3. The highest BCUT2D eigenvalue weighted by Gasteiger charge is 2.39. The lowest BCUT2D eigenvalue weighted by atomic mass is 10.1. The van der Waals surface area contributed by atoms with E-state index in [9.17, 15) is 18.8 Å². The van der Waals surface area contributed by atoms with Crippen molar-refractivity contribution in [1.29, 1.82) is 0 Å². The number of hydrogen-bond acceptors (Lipinski definition) is 8. The molecule has 4 aromatic rings. The van der Waals surface area contributed by atoms with Gasteiger partial charge in [-0.25, -0.2) is 14.2 Å². The summed E-state index contributed by atoms with van der Waals surface area (Å²) in [7, 11) is 3.13. The lowest BCUT2D eigenvalue weighted by molar-refractivity contribution is -0.126. The minimum absolute atomic E-state index is 0.0860. The highest BCUT2D eigenvalue weighted by Crippen LogP contribution is 2.41. The molecule has 12 heteroatoms. The Morgan fingerprint density at radius 1 is 0.917 bits per heavy atom. The highest BCUT2D eigenvalue weighted by molar-refractivity contribution is 8.15. The zero-order valence-electron chi connectivity index (χ0n) is 26.6. The van der Waals surface area contributed by atoms with Crippen LogP contribution in [0.25, 0.3) is 0 Å². The molecule has 0 bridgehead atoms. The largest absolute Gasteiger partial charge is 0.493 e. The molecule has 1 fully saturated rings. The molecule has 0 saturated carbocycles. The molecule has 0 radical (unpaired) electrons. The number of nitrogens with one attached hydrogen (secondary N) is 2. The van der Waals surface area contributed by atoms with E-state index in [0.29, 0.717) is 46.6 Å². The summed E-state index contributed by atoms with van der Waals surface area (Å²) in [5.74, 6) is 0.167. The van der Waals surface area contributed by atoms with Crippen LogP contribution in [0.4, 0.5) is 20.6 Å². The van der Waals surface area contributed by atoms with Crippen molar-refractivity contribution in [3.8, 4) is 11.5 Å². The van der Waals surface area contributed by atoms with Crippen LogP contribution in [0.15, 0.2) is 102 Å². The summed E-state index contributed by atoms with van der Waals surface area (Å²) < 4.78 is 29.9. The minimum atomic E-state index is -0.860. The van der Waals surface area contributed by atoms with E-state index in [1.807, 2.05) is 48.5 Å². The van der Waals surface area contributed by atoms with Crippen molar-refractivity contribution in [3.63, 3.8) is 0 Å². The summed E-state index contributed by atoms with van der Waals surface area (Å²) in [5, 5.41) is 5.14. The van der Waals surface area contributed by atoms with Crippen molar-refractivity contribution >= 4 is 46.2 Å². The Balaban J connectivity index is 1.24.